The molecule has 1 heterocycles. The number of morpholine rings is 1. The zero-order valence-corrected chi connectivity index (χ0v) is 15.0. The van der Waals surface area contributed by atoms with Gasteiger partial charge in [0, 0.05) is 30.4 Å². The van der Waals surface area contributed by atoms with Crippen molar-refractivity contribution < 1.29 is 24.0 Å². The number of anilines is 1. The van der Waals surface area contributed by atoms with Crippen LogP contribution < -0.4 is 10.1 Å². The third-order valence-corrected chi connectivity index (χ3v) is 4.11. The van der Waals surface area contributed by atoms with E-state index in [1.807, 2.05) is 0 Å². The van der Waals surface area contributed by atoms with Crippen molar-refractivity contribution in [2.75, 3.05) is 38.2 Å². The van der Waals surface area contributed by atoms with Gasteiger partial charge in [-0.2, -0.15) is 0 Å². The molecule has 1 N–H and O–H groups in total. The fourth-order valence-electron chi connectivity index (χ4n) is 2.75. The van der Waals surface area contributed by atoms with Gasteiger partial charge in [-0.15, -0.1) is 0 Å². The van der Waals surface area contributed by atoms with Gasteiger partial charge in [0.05, 0.1) is 18.1 Å². The summed E-state index contributed by atoms with van der Waals surface area (Å²) in [7, 11) is 0. The first-order valence-electron chi connectivity index (χ1n) is 8.68. The topological polar surface area (TPSA) is 111 Å². The molecule has 28 heavy (non-hydrogen) atoms. The maximum absolute atomic E-state index is 12.5. The number of hydrogen-bond donors (Lipinski definition) is 1. The second kappa shape index (κ2) is 8.96. The number of carbonyl (C=O) groups excluding carboxylic acids is 2. The van der Waals surface area contributed by atoms with Crippen molar-refractivity contribution in [2.45, 2.75) is 0 Å². The molecule has 0 aromatic heterocycles. The summed E-state index contributed by atoms with van der Waals surface area (Å²) >= 11 is 0. The first-order chi connectivity index (χ1) is 13.5. The highest BCUT2D eigenvalue weighted by Crippen LogP contribution is 2.25. The number of ether oxygens (including phenoxy) is 2. The Labute approximate surface area is 161 Å². The first kappa shape index (κ1) is 19.3. The number of carbonyl (C=O) groups is 2. The predicted molar refractivity (Wildman–Crippen MR) is 100 cm³/mol. The van der Waals surface area contributed by atoms with E-state index in [4.69, 9.17) is 9.47 Å². The van der Waals surface area contributed by atoms with Crippen LogP contribution in [-0.4, -0.2) is 54.5 Å². The van der Waals surface area contributed by atoms with E-state index in [1.165, 1.54) is 18.2 Å². The lowest BCUT2D eigenvalue weighted by atomic mass is 10.1. The van der Waals surface area contributed by atoms with E-state index in [0.717, 1.165) is 0 Å². The Morgan fingerprint density at radius 2 is 1.89 bits per heavy atom. The molecule has 0 unspecified atom stereocenters. The minimum absolute atomic E-state index is 0.0129. The molecule has 0 radical (unpaired) electrons. The molecule has 0 atom stereocenters. The molecule has 2 aromatic carbocycles. The number of para-hydroxylation sites is 2. The highest BCUT2D eigenvalue weighted by Gasteiger charge is 2.19. The standard InChI is InChI=1S/C19H19N3O6/c23-18(13-28-17-7-2-1-6-16(17)22(25)26)20-15-5-3-4-14(12-15)19(24)21-8-10-27-11-9-21/h1-7,12H,8-11,13H2,(H,20,23). The summed E-state index contributed by atoms with van der Waals surface area (Å²) in [6.07, 6.45) is 0. The van der Waals surface area contributed by atoms with Gasteiger partial charge in [0.1, 0.15) is 0 Å². The number of nitrogens with zero attached hydrogens (tertiary/aromatic N) is 2. The van der Waals surface area contributed by atoms with Gasteiger partial charge in [0.15, 0.2) is 12.4 Å². The molecule has 1 aliphatic heterocycles. The average molecular weight is 385 g/mol. The molecule has 9 nitrogen and oxygen atoms in total. The van der Waals surface area contributed by atoms with Gasteiger partial charge in [0.2, 0.25) is 0 Å². The Bertz CT molecular complexity index is 879. The van der Waals surface area contributed by atoms with Gasteiger partial charge in [0.25, 0.3) is 11.8 Å². The number of nitro benzene ring substituents is 1. The molecule has 146 valence electrons. The summed E-state index contributed by atoms with van der Waals surface area (Å²) in [4.78, 5) is 36.7. The van der Waals surface area contributed by atoms with E-state index in [-0.39, 0.29) is 17.3 Å². The highest BCUT2D eigenvalue weighted by atomic mass is 16.6. The first-order valence-corrected chi connectivity index (χ1v) is 8.68. The van der Waals surface area contributed by atoms with Gasteiger partial charge in [-0.3, -0.25) is 19.7 Å². The van der Waals surface area contributed by atoms with Crippen LogP contribution in [0.15, 0.2) is 48.5 Å². The number of nitro groups is 1. The van der Waals surface area contributed by atoms with Crippen LogP contribution in [0.5, 0.6) is 5.75 Å². The summed E-state index contributed by atoms with van der Waals surface area (Å²) in [5.41, 5.74) is 0.683. The molecular weight excluding hydrogens is 366 g/mol. The fraction of sp³-hybridized carbons (Fsp3) is 0.263. The van der Waals surface area contributed by atoms with Crippen LogP contribution in [0.2, 0.25) is 0 Å². The van der Waals surface area contributed by atoms with Crippen molar-refractivity contribution in [3.8, 4) is 5.75 Å². The van der Waals surface area contributed by atoms with Crippen molar-refractivity contribution in [2.24, 2.45) is 0 Å². The zero-order chi connectivity index (χ0) is 19.9. The van der Waals surface area contributed by atoms with Crippen LogP contribution in [0.1, 0.15) is 10.4 Å². The number of rotatable bonds is 6. The van der Waals surface area contributed by atoms with E-state index in [0.29, 0.717) is 37.6 Å². The van der Waals surface area contributed by atoms with Crippen molar-refractivity contribution in [1.29, 1.82) is 0 Å². The second-order valence-corrected chi connectivity index (χ2v) is 6.05. The van der Waals surface area contributed by atoms with E-state index in [1.54, 1.807) is 35.2 Å². The monoisotopic (exact) mass is 385 g/mol. The minimum atomic E-state index is -0.575. The van der Waals surface area contributed by atoms with Crippen LogP contribution in [0.4, 0.5) is 11.4 Å². The maximum atomic E-state index is 12.5. The molecule has 0 aliphatic carbocycles. The van der Waals surface area contributed by atoms with Gasteiger partial charge >= 0.3 is 5.69 Å². The molecule has 1 saturated heterocycles. The quantitative estimate of drug-likeness (QED) is 0.602. The Kier molecular flexibility index (Phi) is 6.18. The molecule has 1 aliphatic rings. The molecule has 0 saturated carbocycles. The van der Waals surface area contributed by atoms with Crippen molar-refractivity contribution in [1.82, 2.24) is 4.90 Å². The number of amides is 2. The summed E-state index contributed by atoms with van der Waals surface area (Å²) in [6.45, 7) is 1.67. The van der Waals surface area contributed by atoms with E-state index >= 15 is 0 Å². The Morgan fingerprint density at radius 1 is 1.14 bits per heavy atom. The largest absolute Gasteiger partial charge is 0.477 e. The number of nitrogens with one attached hydrogen (secondary N) is 1. The Hall–Kier alpha value is -3.46. The minimum Gasteiger partial charge on any atom is -0.477 e. The molecule has 9 heteroatoms. The van der Waals surface area contributed by atoms with Crippen LogP contribution in [0, 0.1) is 10.1 Å². The van der Waals surface area contributed by atoms with Crippen LogP contribution in [0.3, 0.4) is 0 Å². The van der Waals surface area contributed by atoms with Crippen LogP contribution >= 0.6 is 0 Å². The van der Waals surface area contributed by atoms with E-state index in [2.05, 4.69) is 5.32 Å². The van der Waals surface area contributed by atoms with E-state index < -0.39 is 17.4 Å². The van der Waals surface area contributed by atoms with Gasteiger partial charge < -0.3 is 19.7 Å². The lowest BCUT2D eigenvalue weighted by Gasteiger charge is -2.27. The number of benzene rings is 2. The van der Waals surface area contributed by atoms with Gasteiger partial charge in [-0.05, 0) is 24.3 Å². The lowest BCUT2D eigenvalue weighted by Crippen LogP contribution is -2.40. The van der Waals surface area contributed by atoms with E-state index in [9.17, 15) is 19.7 Å². The molecule has 2 aromatic rings. The smallest absolute Gasteiger partial charge is 0.310 e. The summed E-state index contributed by atoms with van der Waals surface area (Å²) in [5, 5.41) is 13.6. The molecule has 2 amide bonds. The maximum Gasteiger partial charge on any atom is 0.310 e. The van der Waals surface area contributed by atoms with Crippen LogP contribution in [0.25, 0.3) is 0 Å². The molecule has 3 rings (SSSR count). The lowest BCUT2D eigenvalue weighted by molar-refractivity contribution is -0.385. The Balaban J connectivity index is 1.60. The third kappa shape index (κ3) is 4.83. The SMILES string of the molecule is O=C(COc1ccccc1[N+](=O)[O-])Nc1cccc(C(=O)N2CCOCC2)c1. The van der Waals surface area contributed by atoms with Crippen LogP contribution in [-0.2, 0) is 9.53 Å². The van der Waals surface area contributed by atoms with Crippen molar-refractivity contribution in [3.05, 3.63) is 64.2 Å². The molecule has 0 bridgehead atoms. The molecule has 0 spiro atoms. The molecular formula is C19H19N3O6. The summed E-state index contributed by atoms with van der Waals surface area (Å²) in [5.74, 6) is -0.608. The van der Waals surface area contributed by atoms with Crippen molar-refractivity contribution in [3.63, 3.8) is 0 Å². The average Bonchev–Trinajstić information content (AvgIpc) is 2.72. The van der Waals surface area contributed by atoms with Gasteiger partial charge in [-0.25, -0.2) is 0 Å². The summed E-state index contributed by atoms with van der Waals surface area (Å²) in [6, 6.07) is 12.4. The van der Waals surface area contributed by atoms with Crippen molar-refractivity contribution >= 4 is 23.2 Å². The third-order valence-electron chi connectivity index (χ3n) is 4.11. The Morgan fingerprint density at radius 3 is 2.64 bits per heavy atom. The second-order valence-electron chi connectivity index (χ2n) is 6.05. The highest BCUT2D eigenvalue weighted by molar-refractivity contribution is 5.97. The predicted octanol–water partition coefficient (Wildman–Crippen LogP) is 2.08. The fourth-order valence-corrected chi connectivity index (χ4v) is 2.75. The normalized spacial score (nSPS) is 13.6. The summed E-state index contributed by atoms with van der Waals surface area (Å²) < 4.78 is 10.5. The number of hydrogen-bond acceptors (Lipinski definition) is 6. The zero-order valence-electron chi connectivity index (χ0n) is 15.0. The van der Waals surface area contributed by atoms with Gasteiger partial charge in [-0.1, -0.05) is 18.2 Å². The molecule has 1 fully saturated rings.